The van der Waals surface area contributed by atoms with Gasteiger partial charge in [-0.25, -0.2) is 9.97 Å². The third-order valence-corrected chi connectivity index (χ3v) is 6.05. The molecule has 0 spiro atoms. The van der Waals surface area contributed by atoms with Gasteiger partial charge >= 0.3 is 0 Å². The van der Waals surface area contributed by atoms with Crippen LogP contribution in [0.5, 0.6) is 0 Å². The predicted octanol–water partition coefficient (Wildman–Crippen LogP) is 1.93. The smallest absolute Gasteiger partial charge is 0.225 e. The summed E-state index contributed by atoms with van der Waals surface area (Å²) in [6.07, 6.45) is 10.8. The fourth-order valence-corrected chi connectivity index (χ4v) is 4.34. The zero-order chi connectivity index (χ0) is 18.5. The first-order chi connectivity index (χ1) is 13.3. The Bertz CT molecular complexity index is 601. The Hall–Kier alpha value is -1.89. The van der Waals surface area contributed by atoms with Crippen LogP contribution in [0, 0.1) is 5.92 Å². The number of amides is 1. The minimum Gasteiger partial charge on any atom is -0.378 e. The van der Waals surface area contributed by atoms with Gasteiger partial charge < -0.3 is 19.4 Å². The molecular formula is C20H31N5O2. The highest BCUT2D eigenvalue weighted by molar-refractivity contribution is 5.79. The number of piperidine rings is 1. The van der Waals surface area contributed by atoms with E-state index in [9.17, 15) is 4.79 Å². The summed E-state index contributed by atoms with van der Waals surface area (Å²) in [6.45, 7) is 6.75. The molecule has 4 heterocycles. The van der Waals surface area contributed by atoms with Crippen molar-refractivity contribution in [2.45, 2.75) is 38.5 Å². The molecule has 7 nitrogen and oxygen atoms in total. The molecule has 1 aromatic rings. The maximum absolute atomic E-state index is 12.7. The van der Waals surface area contributed by atoms with Crippen LogP contribution in [0.1, 0.15) is 38.5 Å². The second kappa shape index (κ2) is 8.87. The van der Waals surface area contributed by atoms with Crippen molar-refractivity contribution >= 4 is 17.5 Å². The number of nitrogens with zero attached hydrogens (tertiary/aromatic N) is 5. The number of hydrogen-bond donors (Lipinski definition) is 0. The molecule has 1 aromatic heterocycles. The monoisotopic (exact) mass is 373 g/mol. The van der Waals surface area contributed by atoms with E-state index in [1.807, 2.05) is 17.3 Å². The minimum absolute atomic E-state index is 0.150. The quantitative estimate of drug-likeness (QED) is 0.807. The van der Waals surface area contributed by atoms with Crippen LogP contribution in [0.25, 0.3) is 0 Å². The molecule has 4 rings (SSSR count). The van der Waals surface area contributed by atoms with Crippen LogP contribution >= 0.6 is 0 Å². The van der Waals surface area contributed by atoms with E-state index < -0.39 is 0 Å². The van der Waals surface area contributed by atoms with Crippen molar-refractivity contribution in [1.29, 1.82) is 0 Å². The predicted molar refractivity (Wildman–Crippen MR) is 105 cm³/mol. The van der Waals surface area contributed by atoms with Crippen LogP contribution < -0.4 is 9.80 Å². The zero-order valence-corrected chi connectivity index (χ0v) is 16.2. The van der Waals surface area contributed by atoms with Crippen LogP contribution in [0.15, 0.2) is 12.4 Å². The number of rotatable bonds is 3. The van der Waals surface area contributed by atoms with E-state index in [0.717, 1.165) is 63.7 Å². The van der Waals surface area contributed by atoms with Crippen molar-refractivity contribution in [2.24, 2.45) is 5.92 Å². The molecule has 0 aromatic carbocycles. The number of hydrogen-bond acceptors (Lipinski definition) is 6. The molecule has 0 bridgehead atoms. The van der Waals surface area contributed by atoms with Gasteiger partial charge in [0, 0.05) is 45.2 Å². The Morgan fingerprint density at radius 2 is 1.48 bits per heavy atom. The molecule has 148 valence electrons. The van der Waals surface area contributed by atoms with Crippen molar-refractivity contribution < 1.29 is 9.53 Å². The highest BCUT2D eigenvalue weighted by atomic mass is 16.5. The Kier molecular flexibility index (Phi) is 6.07. The maximum atomic E-state index is 12.7. The van der Waals surface area contributed by atoms with Crippen molar-refractivity contribution in [3.8, 4) is 0 Å². The van der Waals surface area contributed by atoms with Crippen LogP contribution in [0.2, 0.25) is 0 Å². The summed E-state index contributed by atoms with van der Waals surface area (Å²) in [7, 11) is 0. The minimum atomic E-state index is 0.150. The van der Waals surface area contributed by atoms with Crippen molar-refractivity contribution in [1.82, 2.24) is 14.9 Å². The molecule has 3 aliphatic rings. The lowest BCUT2D eigenvalue weighted by molar-refractivity contribution is -0.140. The Labute approximate surface area is 161 Å². The van der Waals surface area contributed by atoms with Gasteiger partial charge in [-0.05, 0) is 25.7 Å². The Morgan fingerprint density at radius 3 is 2.11 bits per heavy atom. The summed E-state index contributed by atoms with van der Waals surface area (Å²) >= 11 is 0. The number of ether oxygens (including phenoxy) is 1. The fraction of sp³-hybridized carbons (Fsp3) is 0.750. The van der Waals surface area contributed by atoms with E-state index in [1.54, 1.807) is 0 Å². The first kappa shape index (κ1) is 18.5. The molecule has 3 saturated heterocycles. The molecule has 3 aliphatic heterocycles. The van der Waals surface area contributed by atoms with E-state index in [2.05, 4.69) is 19.8 Å². The van der Waals surface area contributed by atoms with Crippen molar-refractivity contribution in [3.63, 3.8) is 0 Å². The molecule has 0 aliphatic carbocycles. The van der Waals surface area contributed by atoms with Gasteiger partial charge in [-0.15, -0.1) is 0 Å². The third kappa shape index (κ3) is 4.51. The molecular weight excluding hydrogens is 342 g/mol. The first-order valence-corrected chi connectivity index (χ1v) is 10.5. The molecule has 3 fully saturated rings. The van der Waals surface area contributed by atoms with Gasteiger partial charge in [-0.2, -0.15) is 0 Å². The third-order valence-electron chi connectivity index (χ3n) is 6.05. The van der Waals surface area contributed by atoms with Gasteiger partial charge in [0.05, 0.1) is 31.3 Å². The molecule has 0 unspecified atom stereocenters. The van der Waals surface area contributed by atoms with Gasteiger partial charge in [0.1, 0.15) is 0 Å². The highest BCUT2D eigenvalue weighted by Gasteiger charge is 2.29. The van der Waals surface area contributed by atoms with Crippen molar-refractivity contribution in [3.05, 3.63) is 12.4 Å². The van der Waals surface area contributed by atoms with E-state index >= 15 is 0 Å². The fourth-order valence-electron chi connectivity index (χ4n) is 4.34. The molecule has 7 heteroatoms. The van der Waals surface area contributed by atoms with Crippen LogP contribution in [0.4, 0.5) is 11.6 Å². The number of carbonyl (C=O) groups is 1. The summed E-state index contributed by atoms with van der Waals surface area (Å²) in [5.74, 6) is 1.32. The highest BCUT2D eigenvalue weighted by Crippen LogP contribution is 2.25. The van der Waals surface area contributed by atoms with Gasteiger partial charge in [-0.3, -0.25) is 4.79 Å². The number of carbonyl (C=O) groups excluding carboxylic acids is 1. The first-order valence-electron chi connectivity index (χ1n) is 10.5. The van der Waals surface area contributed by atoms with E-state index in [4.69, 9.17) is 4.74 Å². The van der Waals surface area contributed by atoms with Gasteiger partial charge in [0.25, 0.3) is 0 Å². The van der Waals surface area contributed by atoms with E-state index in [0.29, 0.717) is 19.1 Å². The lowest BCUT2D eigenvalue weighted by Crippen LogP contribution is -2.46. The molecule has 0 N–H and O–H groups in total. The van der Waals surface area contributed by atoms with Crippen LogP contribution in [-0.4, -0.2) is 73.3 Å². The van der Waals surface area contributed by atoms with Gasteiger partial charge in [0.15, 0.2) is 0 Å². The van der Waals surface area contributed by atoms with Gasteiger partial charge in [-0.1, -0.05) is 12.8 Å². The van der Waals surface area contributed by atoms with Crippen LogP contribution in [0.3, 0.4) is 0 Å². The van der Waals surface area contributed by atoms with Crippen LogP contribution in [-0.2, 0) is 9.53 Å². The van der Waals surface area contributed by atoms with Gasteiger partial charge in [0.2, 0.25) is 11.9 Å². The average Bonchev–Trinajstić information content (AvgIpc) is 3.04. The maximum Gasteiger partial charge on any atom is 0.225 e. The normalized spacial score (nSPS) is 22.6. The molecule has 0 saturated carbocycles. The van der Waals surface area contributed by atoms with E-state index in [-0.39, 0.29) is 5.92 Å². The number of aromatic nitrogens is 2. The van der Waals surface area contributed by atoms with E-state index in [1.165, 1.54) is 25.7 Å². The topological polar surface area (TPSA) is 61.8 Å². The Morgan fingerprint density at radius 1 is 0.852 bits per heavy atom. The summed E-state index contributed by atoms with van der Waals surface area (Å²) < 4.78 is 5.35. The summed E-state index contributed by atoms with van der Waals surface area (Å²) in [5.41, 5.74) is 1.07. The zero-order valence-electron chi connectivity index (χ0n) is 16.2. The molecule has 1 amide bonds. The summed E-state index contributed by atoms with van der Waals surface area (Å²) in [5, 5.41) is 0. The molecule has 0 atom stereocenters. The lowest BCUT2D eigenvalue weighted by Gasteiger charge is -2.36. The van der Waals surface area contributed by atoms with Crippen molar-refractivity contribution in [2.75, 3.05) is 62.3 Å². The second-order valence-corrected chi connectivity index (χ2v) is 7.84. The average molecular weight is 374 g/mol. The SMILES string of the molecule is O=C(C1CCN(c2cnc(N3CCCCCC3)nc2)CC1)N1CCOCC1. The lowest BCUT2D eigenvalue weighted by atomic mass is 9.95. The second-order valence-electron chi connectivity index (χ2n) is 7.84. The number of morpholine rings is 1. The summed E-state index contributed by atoms with van der Waals surface area (Å²) in [6, 6.07) is 0. The largest absolute Gasteiger partial charge is 0.378 e. The summed E-state index contributed by atoms with van der Waals surface area (Å²) in [4.78, 5) is 28.5. The molecule has 0 radical (unpaired) electrons. The Balaban J connectivity index is 1.30. The molecule has 27 heavy (non-hydrogen) atoms. The number of anilines is 2. The standard InChI is InChI=1S/C20H31N5O2/c26-19(24-11-13-27-14-12-24)17-5-9-23(10-6-17)18-15-21-20(22-16-18)25-7-3-1-2-4-8-25/h15-17H,1-14H2.